The molecule has 3 heterocycles. The smallest absolute Gasteiger partial charge is 0.268 e. The van der Waals surface area contributed by atoms with Gasteiger partial charge in [-0.2, -0.15) is 0 Å². The zero-order valence-corrected chi connectivity index (χ0v) is 9.86. The molecule has 3 aromatic heterocycles. The van der Waals surface area contributed by atoms with E-state index in [0.29, 0.717) is 15.7 Å². The zero-order valence-electron chi connectivity index (χ0n) is 9.04. The van der Waals surface area contributed by atoms with Gasteiger partial charge in [0.2, 0.25) is 0 Å². The summed E-state index contributed by atoms with van der Waals surface area (Å²) in [6, 6.07) is 7.64. The normalized spacial score (nSPS) is 11.6. The maximum Gasteiger partial charge on any atom is 0.268 e. The first kappa shape index (κ1) is 9.67. The average Bonchev–Trinajstić information content (AvgIpc) is 2.76. The summed E-state index contributed by atoms with van der Waals surface area (Å²) < 4.78 is 0.572. The molecule has 18 heavy (non-hydrogen) atoms. The number of H-pyrrole nitrogens is 1. The van der Waals surface area contributed by atoms with Crippen LogP contribution >= 0.6 is 11.3 Å². The Morgan fingerprint density at radius 1 is 1.06 bits per heavy atom. The van der Waals surface area contributed by atoms with Gasteiger partial charge < -0.3 is 4.98 Å². The van der Waals surface area contributed by atoms with Crippen LogP contribution in [0, 0.1) is 0 Å². The monoisotopic (exact) mass is 254 g/mol. The third kappa shape index (κ3) is 1.20. The van der Waals surface area contributed by atoms with Crippen LogP contribution in [0.1, 0.15) is 0 Å². The molecule has 0 amide bonds. The Kier molecular flexibility index (Phi) is 1.79. The van der Waals surface area contributed by atoms with Crippen LogP contribution in [0.5, 0.6) is 0 Å². The number of aromatic nitrogens is 4. The topological polar surface area (TPSA) is 71.5 Å². The van der Waals surface area contributed by atoms with Crippen LogP contribution in [0.3, 0.4) is 0 Å². The summed E-state index contributed by atoms with van der Waals surface area (Å²) in [5.74, 6) is 0. The first-order valence-corrected chi connectivity index (χ1v) is 6.17. The van der Waals surface area contributed by atoms with E-state index in [1.54, 1.807) is 0 Å². The Labute approximate surface area is 104 Å². The first-order chi connectivity index (χ1) is 8.83. The lowest BCUT2D eigenvalue weighted by molar-refractivity contribution is 1.18. The van der Waals surface area contributed by atoms with Crippen LogP contribution < -0.4 is 5.56 Å². The summed E-state index contributed by atoms with van der Waals surface area (Å²) in [6.45, 7) is 0. The second kappa shape index (κ2) is 3.33. The molecule has 5 nitrogen and oxygen atoms in total. The number of aromatic amines is 1. The molecule has 4 rings (SSSR count). The van der Waals surface area contributed by atoms with E-state index >= 15 is 0 Å². The number of para-hydroxylation sites is 2. The minimum absolute atomic E-state index is 0.145. The summed E-state index contributed by atoms with van der Waals surface area (Å²) in [4.78, 5) is 28.3. The SMILES string of the molecule is O=c1[nH]cnc2c1sc1nc3ccccc3nc12. The van der Waals surface area contributed by atoms with Gasteiger partial charge in [0.1, 0.15) is 20.6 Å². The molecule has 4 aromatic rings. The largest absolute Gasteiger partial charge is 0.312 e. The number of benzene rings is 1. The first-order valence-electron chi connectivity index (χ1n) is 5.35. The van der Waals surface area contributed by atoms with Crippen LogP contribution in [0.4, 0.5) is 0 Å². The highest BCUT2D eigenvalue weighted by Gasteiger charge is 2.12. The standard InChI is InChI=1S/C12H6N4OS/c17-11-10-8(13-5-14-11)9-12(18-10)16-7-4-2-1-3-6(7)15-9/h1-5H,(H,13,14,17). The molecule has 0 bridgehead atoms. The quantitative estimate of drug-likeness (QED) is 0.521. The third-order valence-electron chi connectivity index (χ3n) is 2.77. The van der Waals surface area contributed by atoms with Crippen LogP contribution in [0.25, 0.3) is 31.6 Å². The Hall–Kier alpha value is -2.34. The van der Waals surface area contributed by atoms with E-state index in [-0.39, 0.29) is 5.56 Å². The molecule has 0 aliphatic heterocycles. The van der Waals surface area contributed by atoms with Gasteiger partial charge in [0.25, 0.3) is 5.56 Å². The van der Waals surface area contributed by atoms with E-state index in [9.17, 15) is 4.79 Å². The molecular formula is C12H6N4OS. The van der Waals surface area contributed by atoms with Crippen molar-refractivity contribution in [3.05, 3.63) is 40.9 Å². The van der Waals surface area contributed by atoms with E-state index in [4.69, 9.17) is 0 Å². The number of rotatable bonds is 0. The van der Waals surface area contributed by atoms with Crippen LogP contribution in [0.15, 0.2) is 35.4 Å². The van der Waals surface area contributed by atoms with Gasteiger partial charge in [-0.25, -0.2) is 15.0 Å². The number of fused-ring (bicyclic) bond motifs is 4. The van der Waals surface area contributed by atoms with Crippen molar-refractivity contribution in [1.29, 1.82) is 0 Å². The zero-order chi connectivity index (χ0) is 12.1. The molecular weight excluding hydrogens is 248 g/mol. The summed E-state index contributed by atoms with van der Waals surface area (Å²) in [5, 5.41) is 0. The van der Waals surface area contributed by atoms with E-state index < -0.39 is 0 Å². The molecule has 0 atom stereocenters. The maximum absolute atomic E-state index is 11.7. The van der Waals surface area contributed by atoms with Gasteiger partial charge in [0, 0.05) is 0 Å². The van der Waals surface area contributed by atoms with Crippen molar-refractivity contribution in [3.8, 4) is 0 Å². The molecule has 0 radical (unpaired) electrons. The van der Waals surface area contributed by atoms with Crippen LogP contribution in [-0.2, 0) is 0 Å². The van der Waals surface area contributed by atoms with Crippen molar-refractivity contribution in [3.63, 3.8) is 0 Å². The van der Waals surface area contributed by atoms with Crippen molar-refractivity contribution in [2.24, 2.45) is 0 Å². The summed E-state index contributed by atoms with van der Waals surface area (Å²) in [7, 11) is 0. The lowest BCUT2D eigenvalue weighted by Gasteiger charge is -1.95. The van der Waals surface area contributed by atoms with Crippen LogP contribution in [0.2, 0.25) is 0 Å². The van der Waals surface area contributed by atoms with Gasteiger partial charge in [0.05, 0.1) is 17.4 Å². The minimum Gasteiger partial charge on any atom is -0.312 e. The van der Waals surface area contributed by atoms with Gasteiger partial charge in [0.15, 0.2) is 0 Å². The number of nitrogens with zero attached hydrogens (tertiary/aromatic N) is 3. The summed E-state index contributed by atoms with van der Waals surface area (Å²) in [6.07, 6.45) is 1.40. The maximum atomic E-state index is 11.7. The second-order valence-electron chi connectivity index (χ2n) is 3.88. The fourth-order valence-electron chi connectivity index (χ4n) is 1.96. The molecule has 0 fully saturated rings. The minimum atomic E-state index is -0.145. The molecule has 0 aliphatic carbocycles. The van der Waals surface area contributed by atoms with Gasteiger partial charge >= 0.3 is 0 Å². The van der Waals surface area contributed by atoms with Crippen molar-refractivity contribution in [2.45, 2.75) is 0 Å². The van der Waals surface area contributed by atoms with E-state index in [2.05, 4.69) is 19.9 Å². The van der Waals surface area contributed by atoms with Crippen molar-refractivity contribution >= 4 is 42.9 Å². The molecule has 0 saturated heterocycles. The Morgan fingerprint density at radius 2 is 1.83 bits per heavy atom. The fourth-order valence-corrected chi connectivity index (χ4v) is 2.93. The van der Waals surface area contributed by atoms with Gasteiger partial charge in [-0.3, -0.25) is 4.79 Å². The Balaban J connectivity index is 2.31. The number of hydrogen-bond acceptors (Lipinski definition) is 5. The highest BCUT2D eigenvalue weighted by Crippen LogP contribution is 2.28. The lowest BCUT2D eigenvalue weighted by Crippen LogP contribution is -2.03. The predicted molar refractivity (Wildman–Crippen MR) is 70.8 cm³/mol. The van der Waals surface area contributed by atoms with Gasteiger partial charge in [-0.05, 0) is 12.1 Å². The van der Waals surface area contributed by atoms with Crippen LogP contribution in [-0.4, -0.2) is 19.9 Å². The van der Waals surface area contributed by atoms with E-state index in [0.717, 1.165) is 15.9 Å². The van der Waals surface area contributed by atoms with Crippen molar-refractivity contribution in [1.82, 2.24) is 19.9 Å². The predicted octanol–water partition coefficient (Wildman–Crippen LogP) is 2.08. The average molecular weight is 254 g/mol. The van der Waals surface area contributed by atoms with E-state index in [1.165, 1.54) is 17.7 Å². The summed E-state index contributed by atoms with van der Waals surface area (Å²) in [5.41, 5.74) is 2.81. The van der Waals surface area contributed by atoms with Gasteiger partial charge in [-0.1, -0.05) is 12.1 Å². The van der Waals surface area contributed by atoms with Crippen molar-refractivity contribution in [2.75, 3.05) is 0 Å². The van der Waals surface area contributed by atoms with Crippen molar-refractivity contribution < 1.29 is 0 Å². The molecule has 86 valence electrons. The number of thiophene rings is 1. The van der Waals surface area contributed by atoms with Gasteiger partial charge in [-0.15, -0.1) is 11.3 Å². The molecule has 0 spiro atoms. The number of nitrogens with one attached hydrogen (secondary N) is 1. The molecule has 6 heteroatoms. The fraction of sp³-hybridized carbons (Fsp3) is 0. The highest BCUT2D eigenvalue weighted by atomic mass is 32.1. The third-order valence-corrected chi connectivity index (χ3v) is 3.83. The summed E-state index contributed by atoms with van der Waals surface area (Å²) >= 11 is 1.32. The van der Waals surface area contributed by atoms with E-state index in [1.807, 2.05) is 24.3 Å². The molecule has 0 unspecified atom stereocenters. The molecule has 0 saturated carbocycles. The second-order valence-corrected chi connectivity index (χ2v) is 4.88. The molecule has 1 aromatic carbocycles. The Morgan fingerprint density at radius 3 is 2.67 bits per heavy atom. The number of hydrogen-bond donors (Lipinski definition) is 1. The lowest BCUT2D eigenvalue weighted by atomic mass is 10.3. The molecule has 0 aliphatic rings. The molecule has 1 N–H and O–H groups in total. The Bertz CT molecular complexity index is 956. The highest BCUT2D eigenvalue weighted by molar-refractivity contribution is 7.25.